The maximum absolute atomic E-state index is 6.03. The number of hydrogen-bond donors (Lipinski definition) is 1. The molecule has 29 heavy (non-hydrogen) atoms. The van der Waals surface area contributed by atoms with Crippen LogP contribution in [0.2, 0.25) is 0 Å². The van der Waals surface area contributed by atoms with E-state index in [1.165, 1.54) is 11.3 Å². The first kappa shape index (κ1) is 17.3. The van der Waals surface area contributed by atoms with Gasteiger partial charge in [-0.25, -0.2) is 4.98 Å². The maximum atomic E-state index is 6.03. The van der Waals surface area contributed by atoms with Gasteiger partial charge in [0.15, 0.2) is 5.75 Å². The molecule has 0 atom stereocenters. The highest BCUT2D eigenvalue weighted by atomic mass is 16.5. The second kappa shape index (κ2) is 7.64. The van der Waals surface area contributed by atoms with Gasteiger partial charge in [0.1, 0.15) is 11.6 Å². The molecular weight excluding hydrogens is 360 g/mol. The predicted molar refractivity (Wildman–Crippen MR) is 115 cm³/mol. The zero-order valence-electron chi connectivity index (χ0n) is 15.8. The average Bonchev–Trinajstić information content (AvgIpc) is 3.20. The number of nitrogens with zero attached hydrogens (tertiary/aromatic N) is 3. The number of aromatic nitrogens is 2. The smallest absolute Gasteiger partial charge is 0.229 e. The second-order valence-electron chi connectivity index (χ2n) is 6.81. The molecule has 0 amide bonds. The lowest BCUT2D eigenvalue weighted by Gasteiger charge is -2.19. The maximum Gasteiger partial charge on any atom is 0.229 e. The fourth-order valence-corrected chi connectivity index (χ4v) is 3.53. The van der Waals surface area contributed by atoms with Crippen LogP contribution in [0.25, 0.3) is 0 Å². The first-order chi connectivity index (χ1) is 14.4. The number of benzene rings is 3. The Kier molecular flexibility index (Phi) is 4.54. The van der Waals surface area contributed by atoms with E-state index in [9.17, 15) is 0 Å². The van der Waals surface area contributed by atoms with Gasteiger partial charge in [0.25, 0.3) is 0 Å². The molecule has 1 aliphatic heterocycles. The topological polar surface area (TPSA) is 50.3 Å². The molecule has 5 nitrogen and oxygen atoms in total. The van der Waals surface area contributed by atoms with E-state index in [1.807, 2.05) is 60.7 Å². The predicted octanol–water partition coefficient (Wildman–Crippen LogP) is 5.71. The minimum absolute atomic E-state index is 0.538. The summed E-state index contributed by atoms with van der Waals surface area (Å²) < 4.78 is 6.03. The molecule has 5 rings (SSSR count). The summed E-state index contributed by atoms with van der Waals surface area (Å²) in [6, 6.07) is 27.9. The Bertz CT molecular complexity index is 1130. The normalized spacial score (nSPS) is 12.5. The highest BCUT2D eigenvalue weighted by Gasteiger charge is 2.21. The third-order valence-corrected chi connectivity index (χ3v) is 4.91. The summed E-state index contributed by atoms with van der Waals surface area (Å²) in [6.45, 7) is 0.920. The van der Waals surface area contributed by atoms with Gasteiger partial charge in [-0.3, -0.25) is 0 Å². The molecule has 1 N–H and O–H groups in total. The highest BCUT2D eigenvalue weighted by molar-refractivity contribution is 5.69. The highest BCUT2D eigenvalue weighted by Crippen LogP contribution is 2.34. The molecule has 0 bridgehead atoms. The van der Waals surface area contributed by atoms with E-state index < -0.39 is 0 Å². The van der Waals surface area contributed by atoms with Crippen LogP contribution in [0.4, 0.5) is 23.1 Å². The van der Waals surface area contributed by atoms with Crippen LogP contribution in [0.5, 0.6) is 11.5 Å². The summed E-state index contributed by atoms with van der Waals surface area (Å²) >= 11 is 0. The quantitative estimate of drug-likeness (QED) is 0.481. The SMILES string of the molecule is c1ccc(Oc2ccccc2Nc2nccc(N3CCc4ccccc43)n2)cc1. The van der Waals surface area contributed by atoms with Crippen molar-refractivity contribution in [3.05, 3.63) is 96.7 Å². The first-order valence-corrected chi connectivity index (χ1v) is 9.64. The Morgan fingerprint density at radius 2 is 1.62 bits per heavy atom. The molecule has 0 saturated heterocycles. The fraction of sp³-hybridized carbons (Fsp3) is 0.0833. The molecule has 0 unspecified atom stereocenters. The molecule has 142 valence electrons. The largest absolute Gasteiger partial charge is 0.455 e. The summed E-state index contributed by atoms with van der Waals surface area (Å²) in [7, 11) is 0. The molecule has 4 aromatic rings. The van der Waals surface area contributed by atoms with Gasteiger partial charge in [0, 0.05) is 18.4 Å². The van der Waals surface area contributed by atoms with Crippen LogP contribution in [0.15, 0.2) is 91.1 Å². The number of anilines is 4. The monoisotopic (exact) mass is 380 g/mol. The Labute approximate surface area is 169 Å². The van der Waals surface area contributed by atoms with Crippen molar-refractivity contribution in [1.82, 2.24) is 9.97 Å². The number of fused-ring (bicyclic) bond motifs is 1. The van der Waals surface area contributed by atoms with Gasteiger partial charge in [0.05, 0.1) is 5.69 Å². The third-order valence-electron chi connectivity index (χ3n) is 4.91. The lowest BCUT2D eigenvalue weighted by Crippen LogP contribution is -2.15. The van der Waals surface area contributed by atoms with E-state index in [1.54, 1.807) is 6.20 Å². The molecule has 2 heterocycles. The van der Waals surface area contributed by atoms with E-state index in [4.69, 9.17) is 9.72 Å². The Morgan fingerprint density at radius 1 is 0.828 bits per heavy atom. The molecule has 0 fully saturated rings. The van der Waals surface area contributed by atoms with Crippen LogP contribution >= 0.6 is 0 Å². The number of ether oxygens (including phenoxy) is 1. The van der Waals surface area contributed by atoms with Gasteiger partial charge in [-0.1, -0.05) is 48.5 Å². The van der Waals surface area contributed by atoms with E-state index in [2.05, 4.69) is 39.5 Å². The lowest BCUT2D eigenvalue weighted by atomic mass is 10.2. The van der Waals surface area contributed by atoms with Gasteiger partial charge >= 0.3 is 0 Å². The Morgan fingerprint density at radius 3 is 2.55 bits per heavy atom. The lowest BCUT2D eigenvalue weighted by molar-refractivity contribution is 0.485. The average molecular weight is 380 g/mol. The molecule has 1 aliphatic rings. The van der Waals surface area contributed by atoms with Crippen molar-refractivity contribution in [2.45, 2.75) is 6.42 Å². The van der Waals surface area contributed by atoms with Crippen molar-refractivity contribution in [2.24, 2.45) is 0 Å². The summed E-state index contributed by atoms with van der Waals surface area (Å²) in [4.78, 5) is 11.4. The van der Waals surface area contributed by atoms with E-state index in [-0.39, 0.29) is 0 Å². The van der Waals surface area contributed by atoms with Crippen LogP contribution in [-0.4, -0.2) is 16.5 Å². The number of rotatable bonds is 5. The molecule has 0 spiro atoms. The summed E-state index contributed by atoms with van der Waals surface area (Å²) in [5, 5.41) is 3.31. The number of para-hydroxylation sites is 4. The van der Waals surface area contributed by atoms with Crippen molar-refractivity contribution in [3.63, 3.8) is 0 Å². The zero-order valence-corrected chi connectivity index (χ0v) is 15.8. The summed E-state index contributed by atoms with van der Waals surface area (Å²) in [5.74, 6) is 2.93. The number of hydrogen-bond acceptors (Lipinski definition) is 5. The second-order valence-corrected chi connectivity index (χ2v) is 6.81. The van der Waals surface area contributed by atoms with Crippen LogP contribution in [-0.2, 0) is 6.42 Å². The van der Waals surface area contributed by atoms with Gasteiger partial charge in [-0.2, -0.15) is 4.98 Å². The van der Waals surface area contributed by atoms with Crippen molar-refractivity contribution in [2.75, 3.05) is 16.8 Å². The van der Waals surface area contributed by atoms with Crippen LogP contribution in [0.3, 0.4) is 0 Å². The minimum atomic E-state index is 0.538. The van der Waals surface area contributed by atoms with Gasteiger partial charge in [0.2, 0.25) is 5.95 Å². The fourth-order valence-electron chi connectivity index (χ4n) is 3.53. The van der Waals surface area contributed by atoms with Gasteiger partial charge in [-0.15, -0.1) is 0 Å². The summed E-state index contributed by atoms with van der Waals surface area (Å²) in [5.41, 5.74) is 3.38. The van der Waals surface area contributed by atoms with Gasteiger partial charge < -0.3 is 15.0 Å². The number of nitrogens with one attached hydrogen (secondary N) is 1. The Hall–Kier alpha value is -3.86. The third kappa shape index (κ3) is 3.62. The van der Waals surface area contributed by atoms with Crippen molar-refractivity contribution >= 4 is 23.1 Å². The van der Waals surface area contributed by atoms with E-state index >= 15 is 0 Å². The van der Waals surface area contributed by atoms with Crippen molar-refractivity contribution in [1.29, 1.82) is 0 Å². The molecule has 0 radical (unpaired) electrons. The van der Waals surface area contributed by atoms with Crippen molar-refractivity contribution < 1.29 is 4.74 Å². The van der Waals surface area contributed by atoms with E-state index in [0.29, 0.717) is 5.95 Å². The van der Waals surface area contributed by atoms with Crippen LogP contribution in [0.1, 0.15) is 5.56 Å². The molecular formula is C24H20N4O. The van der Waals surface area contributed by atoms with Crippen molar-refractivity contribution in [3.8, 4) is 11.5 Å². The first-order valence-electron chi connectivity index (χ1n) is 9.64. The Balaban J connectivity index is 1.41. The molecule has 1 aromatic heterocycles. The molecule has 0 saturated carbocycles. The molecule has 5 heteroatoms. The summed E-state index contributed by atoms with van der Waals surface area (Å²) in [6.07, 6.45) is 2.81. The minimum Gasteiger partial charge on any atom is -0.455 e. The van der Waals surface area contributed by atoms with Gasteiger partial charge in [-0.05, 0) is 48.4 Å². The van der Waals surface area contributed by atoms with Crippen LogP contribution < -0.4 is 15.0 Å². The van der Waals surface area contributed by atoms with E-state index in [0.717, 1.165) is 36.0 Å². The standard InChI is InChI=1S/C24H20N4O/c1-2-9-19(10-3-1)29-22-13-7-5-11-20(22)26-24-25-16-14-23(27-24)28-17-15-18-8-4-6-12-21(18)28/h1-14,16H,15,17H2,(H,25,26,27). The van der Waals surface area contributed by atoms with Crippen LogP contribution in [0, 0.1) is 0 Å². The zero-order chi connectivity index (χ0) is 19.5. The molecule has 3 aromatic carbocycles. The molecule has 0 aliphatic carbocycles.